The van der Waals surface area contributed by atoms with Gasteiger partial charge in [0.15, 0.2) is 0 Å². The van der Waals surface area contributed by atoms with Gasteiger partial charge in [0, 0.05) is 12.1 Å². The van der Waals surface area contributed by atoms with Crippen LogP contribution in [0.5, 0.6) is 5.75 Å². The Bertz CT molecular complexity index is 1270. The Morgan fingerprint density at radius 1 is 1.03 bits per heavy atom. The number of carbonyl (C=O) groups excluding carboxylic acids is 1. The lowest BCUT2D eigenvalue weighted by atomic mass is 10.1. The number of hydrogen-bond donors (Lipinski definition) is 0. The minimum Gasteiger partial charge on any atom is -0.490 e. The van der Waals surface area contributed by atoms with Crippen LogP contribution in [-0.2, 0) is 11.3 Å². The Morgan fingerprint density at radius 3 is 2.73 bits per heavy atom. The largest absolute Gasteiger partial charge is 0.490 e. The number of amidine groups is 1. The molecule has 0 spiro atoms. The standard InChI is InChI=1S/C21H18N6O3/c28-18(24-11-12-30-17-8-4-3-7-16(17)24)13-26-21(29)27-15-6-2-1-5-14(15)19-22-9-10-25(19)20(27)23-26/h1-8H,9-13H2. The van der Waals surface area contributed by atoms with Crippen molar-refractivity contribution in [1.82, 2.24) is 14.3 Å². The molecule has 3 aliphatic rings. The highest BCUT2D eigenvalue weighted by Gasteiger charge is 2.35. The van der Waals surface area contributed by atoms with Crippen molar-refractivity contribution in [2.24, 2.45) is 4.99 Å². The molecule has 6 rings (SSSR count). The van der Waals surface area contributed by atoms with Crippen molar-refractivity contribution in [3.05, 3.63) is 64.6 Å². The van der Waals surface area contributed by atoms with E-state index < -0.39 is 0 Å². The van der Waals surface area contributed by atoms with Gasteiger partial charge in [-0.3, -0.25) is 14.7 Å². The third-order valence-electron chi connectivity index (χ3n) is 5.60. The predicted octanol–water partition coefficient (Wildman–Crippen LogP) is 1.04. The van der Waals surface area contributed by atoms with Crippen molar-refractivity contribution >= 4 is 23.4 Å². The van der Waals surface area contributed by atoms with Gasteiger partial charge >= 0.3 is 5.69 Å². The Balaban J connectivity index is 1.40. The van der Waals surface area contributed by atoms with Crippen molar-refractivity contribution < 1.29 is 9.53 Å². The van der Waals surface area contributed by atoms with E-state index in [1.165, 1.54) is 4.68 Å². The summed E-state index contributed by atoms with van der Waals surface area (Å²) in [5, 5.41) is 4.52. The minimum absolute atomic E-state index is 0.143. The maximum atomic E-state index is 13.2. The second kappa shape index (κ2) is 6.31. The average Bonchev–Trinajstić information content (AvgIpc) is 3.39. The molecule has 30 heavy (non-hydrogen) atoms. The molecular weight excluding hydrogens is 384 g/mol. The highest BCUT2D eigenvalue weighted by molar-refractivity contribution is 6.14. The normalized spacial score (nSPS) is 16.2. The van der Waals surface area contributed by atoms with Gasteiger partial charge in [0.25, 0.3) is 0 Å². The molecule has 0 saturated carbocycles. The minimum atomic E-state index is -0.335. The van der Waals surface area contributed by atoms with Gasteiger partial charge in [-0.2, -0.15) is 0 Å². The topological polar surface area (TPSA) is 85.0 Å². The lowest BCUT2D eigenvalue weighted by Gasteiger charge is -2.29. The van der Waals surface area contributed by atoms with E-state index in [1.807, 2.05) is 53.4 Å². The van der Waals surface area contributed by atoms with Crippen LogP contribution < -0.4 is 20.2 Å². The van der Waals surface area contributed by atoms with Gasteiger partial charge in [-0.15, -0.1) is 5.10 Å². The maximum absolute atomic E-state index is 13.2. The molecule has 1 amide bonds. The molecule has 4 heterocycles. The summed E-state index contributed by atoms with van der Waals surface area (Å²) in [5.74, 6) is 1.79. The summed E-state index contributed by atoms with van der Waals surface area (Å²) in [7, 11) is 0. The molecule has 0 saturated heterocycles. The molecule has 0 atom stereocenters. The maximum Gasteiger partial charge on any atom is 0.352 e. The Morgan fingerprint density at radius 2 is 1.83 bits per heavy atom. The lowest BCUT2D eigenvalue weighted by molar-refractivity contribution is -0.119. The number of anilines is 2. The smallest absolute Gasteiger partial charge is 0.352 e. The van der Waals surface area contributed by atoms with Crippen LogP contribution >= 0.6 is 0 Å². The molecule has 150 valence electrons. The van der Waals surface area contributed by atoms with E-state index in [2.05, 4.69) is 10.1 Å². The fourth-order valence-corrected chi connectivity index (χ4v) is 4.26. The fourth-order valence-electron chi connectivity index (χ4n) is 4.26. The quantitative estimate of drug-likeness (QED) is 0.640. The molecule has 2 aromatic carbocycles. The first-order valence-electron chi connectivity index (χ1n) is 9.86. The third-order valence-corrected chi connectivity index (χ3v) is 5.60. The van der Waals surface area contributed by atoms with Crippen LogP contribution in [0.4, 0.5) is 11.6 Å². The zero-order chi connectivity index (χ0) is 20.2. The van der Waals surface area contributed by atoms with E-state index in [9.17, 15) is 9.59 Å². The Labute approximate surface area is 171 Å². The van der Waals surface area contributed by atoms with Crippen LogP contribution in [0.3, 0.4) is 0 Å². The second-order valence-electron chi connectivity index (χ2n) is 7.31. The van der Waals surface area contributed by atoms with Crippen molar-refractivity contribution in [2.75, 3.05) is 36.0 Å². The molecule has 0 N–H and O–H groups in total. The summed E-state index contributed by atoms with van der Waals surface area (Å²) in [5.41, 5.74) is 2.02. The molecule has 0 bridgehead atoms. The number of nitrogens with zero attached hydrogens (tertiary/aromatic N) is 6. The highest BCUT2D eigenvalue weighted by atomic mass is 16.5. The number of carbonyl (C=O) groups is 1. The van der Waals surface area contributed by atoms with Gasteiger partial charge < -0.3 is 9.64 Å². The zero-order valence-corrected chi connectivity index (χ0v) is 16.1. The van der Waals surface area contributed by atoms with Gasteiger partial charge in [-0.1, -0.05) is 24.3 Å². The Kier molecular flexibility index (Phi) is 3.58. The molecule has 9 nitrogen and oxygen atoms in total. The molecular formula is C21H18N6O3. The molecule has 1 aromatic heterocycles. The van der Waals surface area contributed by atoms with E-state index in [-0.39, 0.29) is 18.1 Å². The van der Waals surface area contributed by atoms with Gasteiger partial charge in [0.1, 0.15) is 24.7 Å². The number of hydrogen-bond acceptors (Lipinski definition) is 6. The fraction of sp³-hybridized carbons (Fsp3) is 0.238. The number of fused-ring (bicyclic) bond motifs is 7. The predicted molar refractivity (Wildman–Crippen MR) is 111 cm³/mol. The molecule has 3 aromatic rings. The van der Waals surface area contributed by atoms with Crippen molar-refractivity contribution in [2.45, 2.75) is 6.54 Å². The third kappa shape index (κ3) is 2.35. The number of aromatic nitrogens is 3. The average molecular weight is 402 g/mol. The summed E-state index contributed by atoms with van der Waals surface area (Å²) < 4.78 is 8.44. The van der Waals surface area contributed by atoms with Crippen LogP contribution in [0.1, 0.15) is 5.56 Å². The van der Waals surface area contributed by atoms with Gasteiger partial charge in [0.05, 0.1) is 24.5 Å². The van der Waals surface area contributed by atoms with Crippen molar-refractivity contribution in [1.29, 1.82) is 0 Å². The van der Waals surface area contributed by atoms with Crippen LogP contribution in [0.15, 0.2) is 58.3 Å². The number of aliphatic imine (C=N–C) groups is 1. The Hall–Kier alpha value is -3.88. The number of para-hydroxylation sites is 3. The van der Waals surface area contributed by atoms with Crippen molar-refractivity contribution in [3.8, 4) is 11.4 Å². The first-order valence-corrected chi connectivity index (χ1v) is 9.86. The van der Waals surface area contributed by atoms with Gasteiger partial charge in [-0.25, -0.2) is 14.0 Å². The van der Waals surface area contributed by atoms with Crippen LogP contribution in [0, 0.1) is 0 Å². The van der Waals surface area contributed by atoms with Crippen LogP contribution in [0.25, 0.3) is 5.69 Å². The van der Waals surface area contributed by atoms with Gasteiger partial charge in [0.2, 0.25) is 11.9 Å². The molecule has 0 unspecified atom stereocenters. The number of benzene rings is 2. The van der Waals surface area contributed by atoms with E-state index in [0.29, 0.717) is 43.6 Å². The molecule has 0 fully saturated rings. The summed E-state index contributed by atoms with van der Waals surface area (Å²) in [6.07, 6.45) is 0. The summed E-state index contributed by atoms with van der Waals surface area (Å²) >= 11 is 0. The van der Waals surface area contributed by atoms with Crippen molar-refractivity contribution in [3.63, 3.8) is 0 Å². The van der Waals surface area contributed by atoms with E-state index in [0.717, 1.165) is 17.1 Å². The van der Waals surface area contributed by atoms with Crippen LogP contribution in [0.2, 0.25) is 0 Å². The molecule has 0 radical (unpaired) electrons. The first-order chi connectivity index (χ1) is 14.7. The summed E-state index contributed by atoms with van der Waals surface area (Å²) in [4.78, 5) is 34.5. The number of amides is 1. The molecule has 3 aliphatic heterocycles. The molecule has 0 aliphatic carbocycles. The number of rotatable bonds is 2. The van der Waals surface area contributed by atoms with E-state index >= 15 is 0 Å². The monoisotopic (exact) mass is 402 g/mol. The molecule has 9 heteroatoms. The lowest BCUT2D eigenvalue weighted by Crippen LogP contribution is -2.41. The number of ether oxygens (including phenoxy) is 1. The highest BCUT2D eigenvalue weighted by Crippen LogP contribution is 2.32. The first kappa shape index (κ1) is 17.0. The SMILES string of the molecule is O=C(Cn1nc2n(c1=O)-c1ccccc1C1=NCCN12)N1CCOc2ccccc21. The second-order valence-corrected chi connectivity index (χ2v) is 7.31. The van der Waals surface area contributed by atoms with Gasteiger partial charge in [-0.05, 0) is 24.3 Å². The van der Waals surface area contributed by atoms with E-state index in [4.69, 9.17) is 4.74 Å². The summed E-state index contributed by atoms with van der Waals surface area (Å²) in [6.45, 7) is 2.01. The van der Waals surface area contributed by atoms with E-state index in [1.54, 1.807) is 9.47 Å². The summed E-state index contributed by atoms with van der Waals surface area (Å²) in [6, 6.07) is 15.1. The van der Waals surface area contributed by atoms with Crippen LogP contribution in [-0.4, -0.2) is 52.3 Å². The zero-order valence-electron chi connectivity index (χ0n) is 16.1.